The van der Waals surface area contributed by atoms with Gasteiger partial charge in [0.1, 0.15) is 5.71 Å². The van der Waals surface area contributed by atoms with Crippen molar-refractivity contribution in [3.8, 4) is 0 Å². The van der Waals surface area contributed by atoms with Crippen molar-refractivity contribution < 1.29 is 13.2 Å². The Morgan fingerprint density at radius 2 is 1.70 bits per heavy atom. The van der Waals surface area contributed by atoms with E-state index in [1.807, 2.05) is 48.0 Å². The number of aliphatic imine (C=N–C) groups is 1. The highest BCUT2D eigenvalue weighted by atomic mass is 32.2. The first-order chi connectivity index (χ1) is 12.9. The van der Waals surface area contributed by atoms with E-state index in [0.29, 0.717) is 4.91 Å². The number of alkyl halides is 3. The van der Waals surface area contributed by atoms with Crippen LogP contribution in [0.3, 0.4) is 0 Å². The van der Waals surface area contributed by atoms with Crippen molar-refractivity contribution in [1.29, 1.82) is 0 Å². The van der Waals surface area contributed by atoms with Gasteiger partial charge in [0.2, 0.25) is 0 Å². The molecule has 1 heterocycles. The minimum Gasteiger partial charge on any atom is -0.244 e. The van der Waals surface area contributed by atoms with Gasteiger partial charge in [0, 0.05) is 9.80 Å². The number of nitrogens with zero attached hydrogens (tertiary/aromatic N) is 1. The first-order valence-corrected chi connectivity index (χ1v) is 9.87. The summed E-state index contributed by atoms with van der Waals surface area (Å²) in [6, 6.07) is 17.7. The molecule has 0 radical (unpaired) electrons. The fourth-order valence-corrected chi connectivity index (χ4v) is 3.92. The smallest absolute Gasteiger partial charge is 0.244 e. The fourth-order valence-electron chi connectivity index (χ4n) is 2.25. The lowest BCUT2D eigenvalue weighted by atomic mass is 10.2. The zero-order chi connectivity index (χ0) is 19.3. The molecule has 0 amide bonds. The normalized spacial score (nSPS) is 13.0. The highest BCUT2D eigenvalue weighted by molar-refractivity contribution is 8.08. The molecule has 0 aliphatic rings. The SMILES string of the molecule is Cc1ccc(S/C(=C\C(=Nc2ccccc2)C(F)(F)F)c2ccsc2)cc1. The van der Waals surface area contributed by atoms with Crippen molar-refractivity contribution in [3.05, 3.63) is 88.6 Å². The van der Waals surface area contributed by atoms with Crippen LogP contribution in [-0.2, 0) is 0 Å². The Labute approximate surface area is 164 Å². The number of para-hydroxylation sites is 1. The van der Waals surface area contributed by atoms with Gasteiger partial charge in [-0.3, -0.25) is 0 Å². The lowest BCUT2D eigenvalue weighted by Gasteiger charge is -2.11. The highest BCUT2D eigenvalue weighted by Gasteiger charge is 2.34. The van der Waals surface area contributed by atoms with Gasteiger partial charge in [-0.25, -0.2) is 4.99 Å². The van der Waals surface area contributed by atoms with Gasteiger partial charge < -0.3 is 0 Å². The Morgan fingerprint density at radius 1 is 1.00 bits per heavy atom. The summed E-state index contributed by atoms with van der Waals surface area (Å²) in [5, 5.41) is 3.68. The molecule has 0 aliphatic carbocycles. The van der Waals surface area contributed by atoms with Crippen LogP contribution in [0.5, 0.6) is 0 Å². The van der Waals surface area contributed by atoms with Crippen molar-refractivity contribution >= 4 is 39.4 Å². The van der Waals surface area contributed by atoms with Gasteiger partial charge in [0.15, 0.2) is 0 Å². The number of hydrogen-bond donors (Lipinski definition) is 0. The predicted molar refractivity (Wildman–Crippen MR) is 109 cm³/mol. The second kappa shape index (κ2) is 8.59. The maximum atomic E-state index is 13.6. The van der Waals surface area contributed by atoms with E-state index in [0.717, 1.165) is 22.1 Å². The number of thioether (sulfide) groups is 1. The number of aryl methyl sites for hydroxylation is 1. The first-order valence-electron chi connectivity index (χ1n) is 8.11. The Bertz CT molecular complexity index is 926. The van der Waals surface area contributed by atoms with Crippen molar-refractivity contribution in [3.63, 3.8) is 0 Å². The van der Waals surface area contributed by atoms with Crippen LogP contribution in [-0.4, -0.2) is 11.9 Å². The van der Waals surface area contributed by atoms with Crippen LogP contribution in [0.15, 0.2) is 87.4 Å². The van der Waals surface area contributed by atoms with Crippen LogP contribution in [0, 0.1) is 6.92 Å². The van der Waals surface area contributed by atoms with Gasteiger partial charge in [0.05, 0.1) is 5.69 Å². The van der Waals surface area contributed by atoms with E-state index >= 15 is 0 Å². The molecule has 27 heavy (non-hydrogen) atoms. The summed E-state index contributed by atoms with van der Waals surface area (Å²) in [7, 11) is 0. The zero-order valence-electron chi connectivity index (χ0n) is 14.4. The lowest BCUT2D eigenvalue weighted by Crippen LogP contribution is -2.20. The first kappa shape index (κ1) is 19.5. The second-order valence-corrected chi connectivity index (χ2v) is 7.66. The maximum Gasteiger partial charge on any atom is 0.433 e. The Balaban J connectivity index is 2.03. The highest BCUT2D eigenvalue weighted by Crippen LogP contribution is 2.37. The Morgan fingerprint density at radius 3 is 2.30 bits per heavy atom. The van der Waals surface area contributed by atoms with E-state index in [9.17, 15) is 13.2 Å². The average molecular weight is 403 g/mol. The number of benzene rings is 2. The van der Waals surface area contributed by atoms with Crippen molar-refractivity contribution in [2.75, 3.05) is 0 Å². The monoisotopic (exact) mass is 403 g/mol. The van der Waals surface area contributed by atoms with Gasteiger partial charge in [-0.2, -0.15) is 24.5 Å². The molecular weight excluding hydrogens is 387 g/mol. The van der Waals surface area contributed by atoms with E-state index < -0.39 is 11.9 Å². The molecule has 2 aromatic carbocycles. The number of thiophene rings is 1. The summed E-state index contributed by atoms with van der Waals surface area (Å²) in [5.74, 6) is 0. The maximum absolute atomic E-state index is 13.6. The third-order valence-corrected chi connectivity index (χ3v) is 5.38. The van der Waals surface area contributed by atoms with E-state index in [-0.39, 0.29) is 5.69 Å². The molecule has 0 saturated carbocycles. The minimum atomic E-state index is -4.55. The van der Waals surface area contributed by atoms with Gasteiger partial charge in [0.25, 0.3) is 0 Å². The van der Waals surface area contributed by atoms with Crippen molar-refractivity contribution in [1.82, 2.24) is 0 Å². The molecule has 0 atom stereocenters. The summed E-state index contributed by atoms with van der Waals surface area (Å²) >= 11 is 2.74. The van der Waals surface area contributed by atoms with Gasteiger partial charge >= 0.3 is 6.18 Å². The topological polar surface area (TPSA) is 12.4 Å². The zero-order valence-corrected chi connectivity index (χ0v) is 16.0. The summed E-state index contributed by atoms with van der Waals surface area (Å²) in [6.07, 6.45) is -3.43. The Hall–Kier alpha value is -2.31. The van der Waals surface area contributed by atoms with Crippen LogP contribution in [0.1, 0.15) is 11.1 Å². The molecule has 0 fully saturated rings. The predicted octanol–water partition coefficient (Wildman–Crippen LogP) is 7.52. The lowest BCUT2D eigenvalue weighted by molar-refractivity contribution is -0.0576. The summed E-state index contributed by atoms with van der Waals surface area (Å²) in [6.45, 7) is 1.97. The molecular formula is C21H16F3NS2. The standard InChI is InChI=1S/C21H16F3NS2/c1-15-7-9-18(10-8-15)27-19(16-11-12-26-14-16)13-20(21(22,23)24)25-17-5-3-2-4-6-17/h2-14H,1H3/b19-13-,25-20?. The molecule has 0 N–H and O–H groups in total. The van der Waals surface area contributed by atoms with Crippen molar-refractivity contribution in [2.24, 2.45) is 4.99 Å². The number of hydrogen-bond acceptors (Lipinski definition) is 3. The van der Waals surface area contributed by atoms with E-state index in [1.54, 1.807) is 30.3 Å². The molecule has 0 saturated heterocycles. The Kier molecular flexibility index (Phi) is 6.19. The van der Waals surface area contributed by atoms with Gasteiger partial charge in [-0.05, 0) is 59.7 Å². The third-order valence-electron chi connectivity index (χ3n) is 3.62. The summed E-state index contributed by atoms with van der Waals surface area (Å²) < 4.78 is 40.9. The summed E-state index contributed by atoms with van der Waals surface area (Å²) in [5.41, 5.74) is 1.19. The van der Waals surface area contributed by atoms with Crippen LogP contribution < -0.4 is 0 Å². The quantitative estimate of drug-likeness (QED) is 0.317. The molecule has 3 rings (SSSR count). The van der Waals surface area contributed by atoms with E-state index in [1.165, 1.54) is 23.1 Å². The number of allylic oxidation sites excluding steroid dienone is 1. The molecule has 0 aliphatic heterocycles. The van der Waals surface area contributed by atoms with Gasteiger partial charge in [-0.15, -0.1) is 0 Å². The van der Waals surface area contributed by atoms with Crippen LogP contribution >= 0.6 is 23.1 Å². The van der Waals surface area contributed by atoms with Crippen molar-refractivity contribution in [2.45, 2.75) is 18.0 Å². The number of halogens is 3. The largest absolute Gasteiger partial charge is 0.433 e. The molecule has 0 spiro atoms. The molecule has 6 heteroatoms. The van der Waals surface area contributed by atoms with E-state index in [4.69, 9.17) is 0 Å². The minimum absolute atomic E-state index is 0.270. The summed E-state index contributed by atoms with van der Waals surface area (Å²) in [4.78, 5) is 5.22. The molecule has 0 bridgehead atoms. The van der Waals surface area contributed by atoms with E-state index in [2.05, 4.69) is 4.99 Å². The van der Waals surface area contributed by atoms with Crippen LogP contribution in [0.4, 0.5) is 18.9 Å². The molecule has 3 aromatic rings. The third kappa shape index (κ3) is 5.58. The average Bonchev–Trinajstić information content (AvgIpc) is 3.17. The van der Waals surface area contributed by atoms with Crippen LogP contribution in [0.2, 0.25) is 0 Å². The second-order valence-electron chi connectivity index (χ2n) is 5.77. The van der Waals surface area contributed by atoms with Crippen LogP contribution in [0.25, 0.3) is 4.91 Å². The number of rotatable bonds is 5. The molecule has 1 aromatic heterocycles. The van der Waals surface area contributed by atoms with Gasteiger partial charge in [-0.1, -0.05) is 47.7 Å². The molecule has 138 valence electrons. The fraction of sp³-hybridized carbons (Fsp3) is 0.0952. The molecule has 0 unspecified atom stereocenters. The molecule has 1 nitrogen and oxygen atoms in total.